The van der Waals surface area contributed by atoms with Gasteiger partial charge in [0.1, 0.15) is 11.9 Å². The van der Waals surface area contributed by atoms with Gasteiger partial charge in [-0.2, -0.15) is 0 Å². The van der Waals surface area contributed by atoms with E-state index in [4.69, 9.17) is 9.72 Å². The molecule has 1 fully saturated rings. The van der Waals surface area contributed by atoms with Crippen LogP contribution in [-0.4, -0.2) is 28.2 Å². The Labute approximate surface area is 165 Å². The first-order chi connectivity index (χ1) is 13.6. The van der Waals surface area contributed by atoms with Crippen molar-refractivity contribution in [3.63, 3.8) is 0 Å². The second-order valence-electron chi connectivity index (χ2n) is 7.72. The van der Waals surface area contributed by atoms with Crippen LogP contribution in [0, 0.1) is 0 Å². The molecule has 5 nitrogen and oxygen atoms in total. The third kappa shape index (κ3) is 3.94. The van der Waals surface area contributed by atoms with E-state index in [-0.39, 0.29) is 12.0 Å². The number of benzene rings is 2. The molecule has 0 saturated carbocycles. The molecule has 28 heavy (non-hydrogen) atoms. The van der Waals surface area contributed by atoms with Crippen LogP contribution in [0.1, 0.15) is 49.6 Å². The minimum atomic E-state index is -0.318. The molecule has 1 aromatic heterocycles. The number of para-hydroxylation sites is 2. The van der Waals surface area contributed by atoms with E-state index in [1.807, 2.05) is 18.2 Å². The summed E-state index contributed by atoms with van der Waals surface area (Å²) in [5, 5.41) is 3.00. The highest BCUT2D eigenvalue weighted by molar-refractivity contribution is 5.81. The highest BCUT2D eigenvalue weighted by Crippen LogP contribution is 2.20. The SMILES string of the molecule is CC(C)c1ccc(Cn2c(CNC(=O)C3CCCO3)nc3ccccc32)cc1. The maximum Gasteiger partial charge on any atom is 0.249 e. The summed E-state index contributed by atoms with van der Waals surface area (Å²) in [6, 6.07) is 16.9. The van der Waals surface area contributed by atoms with Crippen molar-refractivity contribution in [3.8, 4) is 0 Å². The molecule has 1 atom stereocenters. The second kappa shape index (κ2) is 8.15. The highest BCUT2D eigenvalue weighted by atomic mass is 16.5. The quantitative estimate of drug-likeness (QED) is 0.706. The first-order valence-corrected chi connectivity index (χ1v) is 10.0. The molecule has 3 aromatic rings. The second-order valence-corrected chi connectivity index (χ2v) is 7.72. The van der Waals surface area contributed by atoms with Crippen molar-refractivity contribution in [1.29, 1.82) is 0 Å². The normalized spacial score (nSPS) is 16.8. The van der Waals surface area contributed by atoms with Gasteiger partial charge >= 0.3 is 0 Å². The van der Waals surface area contributed by atoms with Crippen LogP contribution in [0.2, 0.25) is 0 Å². The Morgan fingerprint density at radius 1 is 1.21 bits per heavy atom. The smallest absolute Gasteiger partial charge is 0.249 e. The lowest BCUT2D eigenvalue weighted by Gasteiger charge is -2.13. The van der Waals surface area contributed by atoms with Crippen LogP contribution in [0.5, 0.6) is 0 Å². The topological polar surface area (TPSA) is 56.2 Å². The number of carbonyl (C=O) groups excluding carboxylic acids is 1. The zero-order valence-corrected chi connectivity index (χ0v) is 16.5. The fourth-order valence-electron chi connectivity index (χ4n) is 3.69. The van der Waals surface area contributed by atoms with Gasteiger partial charge < -0.3 is 14.6 Å². The number of imidazole rings is 1. The lowest BCUT2D eigenvalue weighted by Crippen LogP contribution is -2.34. The molecule has 2 aromatic carbocycles. The molecule has 5 heteroatoms. The molecule has 1 unspecified atom stereocenters. The monoisotopic (exact) mass is 377 g/mol. The molecule has 0 aliphatic carbocycles. The van der Waals surface area contributed by atoms with Crippen LogP contribution >= 0.6 is 0 Å². The van der Waals surface area contributed by atoms with Crippen LogP contribution in [0.15, 0.2) is 48.5 Å². The number of fused-ring (bicyclic) bond motifs is 1. The molecular formula is C23H27N3O2. The van der Waals surface area contributed by atoms with Crippen LogP contribution in [0.3, 0.4) is 0 Å². The molecular weight excluding hydrogens is 350 g/mol. The van der Waals surface area contributed by atoms with Crippen molar-refractivity contribution in [2.45, 2.75) is 51.8 Å². The maximum absolute atomic E-state index is 12.3. The van der Waals surface area contributed by atoms with Crippen LogP contribution < -0.4 is 5.32 Å². The highest BCUT2D eigenvalue weighted by Gasteiger charge is 2.23. The van der Waals surface area contributed by atoms with Crippen LogP contribution in [0.25, 0.3) is 11.0 Å². The number of amides is 1. The first-order valence-electron chi connectivity index (χ1n) is 10.0. The minimum Gasteiger partial charge on any atom is -0.368 e. The van der Waals surface area contributed by atoms with Gasteiger partial charge in [0.2, 0.25) is 5.91 Å². The summed E-state index contributed by atoms with van der Waals surface area (Å²) in [4.78, 5) is 17.1. The Balaban J connectivity index is 1.57. The molecule has 2 heterocycles. The lowest BCUT2D eigenvalue weighted by molar-refractivity contribution is -0.130. The van der Waals surface area contributed by atoms with Gasteiger partial charge in [-0.25, -0.2) is 4.98 Å². The molecule has 1 saturated heterocycles. The maximum atomic E-state index is 12.3. The number of hydrogen-bond acceptors (Lipinski definition) is 3. The van der Waals surface area contributed by atoms with Gasteiger partial charge in [0, 0.05) is 13.2 Å². The first kappa shape index (κ1) is 18.7. The van der Waals surface area contributed by atoms with Crippen LogP contribution in [0.4, 0.5) is 0 Å². The zero-order chi connectivity index (χ0) is 19.5. The molecule has 1 amide bonds. The number of rotatable bonds is 6. The van der Waals surface area contributed by atoms with E-state index in [0.29, 0.717) is 19.1 Å². The van der Waals surface area contributed by atoms with E-state index in [1.54, 1.807) is 0 Å². The van der Waals surface area contributed by atoms with Crippen molar-refractivity contribution in [1.82, 2.24) is 14.9 Å². The Morgan fingerprint density at radius 2 is 2.00 bits per heavy atom. The van der Waals surface area contributed by atoms with Crippen molar-refractivity contribution in [2.75, 3.05) is 6.61 Å². The Kier molecular flexibility index (Phi) is 5.44. The number of hydrogen-bond donors (Lipinski definition) is 1. The molecule has 0 radical (unpaired) electrons. The van der Waals surface area contributed by atoms with E-state index in [0.717, 1.165) is 36.2 Å². The standard InChI is InChI=1S/C23H27N3O2/c1-16(2)18-11-9-17(10-12-18)15-26-20-7-4-3-6-19(20)25-22(26)14-24-23(27)21-8-5-13-28-21/h3-4,6-7,9-12,16,21H,5,8,13-15H2,1-2H3,(H,24,27). The fourth-order valence-corrected chi connectivity index (χ4v) is 3.69. The molecule has 4 rings (SSSR count). The predicted molar refractivity (Wildman–Crippen MR) is 110 cm³/mol. The van der Waals surface area contributed by atoms with Gasteiger partial charge in [-0.15, -0.1) is 0 Å². The van der Waals surface area contributed by atoms with Gasteiger partial charge in [-0.1, -0.05) is 50.2 Å². The van der Waals surface area contributed by atoms with Crippen molar-refractivity contribution < 1.29 is 9.53 Å². The number of nitrogens with one attached hydrogen (secondary N) is 1. The van der Waals surface area contributed by atoms with Gasteiger partial charge in [-0.3, -0.25) is 4.79 Å². The summed E-state index contributed by atoms with van der Waals surface area (Å²) in [6.07, 6.45) is 1.43. The van der Waals surface area contributed by atoms with E-state index < -0.39 is 0 Å². The van der Waals surface area contributed by atoms with Gasteiger partial charge in [-0.05, 0) is 42.0 Å². The Hall–Kier alpha value is -2.66. The minimum absolute atomic E-state index is 0.0441. The summed E-state index contributed by atoms with van der Waals surface area (Å²) in [5.74, 6) is 1.34. The van der Waals surface area contributed by atoms with Gasteiger partial charge in [0.25, 0.3) is 0 Å². The summed E-state index contributed by atoms with van der Waals surface area (Å²) in [5.41, 5.74) is 4.59. The summed E-state index contributed by atoms with van der Waals surface area (Å²) in [7, 11) is 0. The molecule has 1 aliphatic heterocycles. The van der Waals surface area contributed by atoms with Gasteiger partial charge in [0.15, 0.2) is 0 Å². The number of nitrogens with zero attached hydrogens (tertiary/aromatic N) is 2. The Morgan fingerprint density at radius 3 is 2.71 bits per heavy atom. The number of ether oxygens (including phenoxy) is 1. The zero-order valence-electron chi connectivity index (χ0n) is 16.5. The summed E-state index contributed by atoms with van der Waals surface area (Å²) in [6.45, 7) is 6.20. The van der Waals surface area contributed by atoms with Crippen LogP contribution in [-0.2, 0) is 22.6 Å². The van der Waals surface area contributed by atoms with Crippen molar-refractivity contribution in [2.24, 2.45) is 0 Å². The fraction of sp³-hybridized carbons (Fsp3) is 0.391. The Bertz CT molecular complexity index is 954. The van der Waals surface area contributed by atoms with E-state index in [2.05, 4.69) is 54.1 Å². The summed E-state index contributed by atoms with van der Waals surface area (Å²) < 4.78 is 7.67. The number of aromatic nitrogens is 2. The molecule has 0 spiro atoms. The molecule has 146 valence electrons. The third-order valence-corrected chi connectivity index (χ3v) is 5.36. The third-order valence-electron chi connectivity index (χ3n) is 5.36. The largest absolute Gasteiger partial charge is 0.368 e. The molecule has 1 N–H and O–H groups in total. The lowest BCUT2D eigenvalue weighted by atomic mass is 10.0. The number of carbonyl (C=O) groups is 1. The van der Waals surface area contributed by atoms with Gasteiger partial charge in [0.05, 0.1) is 17.6 Å². The van der Waals surface area contributed by atoms with E-state index >= 15 is 0 Å². The van der Waals surface area contributed by atoms with Crippen molar-refractivity contribution in [3.05, 3.63) is 65.5 Å². The summed E-state index contributed by atoms with van der Waals surface area (Å²) >= 11 is 0. The van der Waals surface area contributed by atoms with E-state index in [9.17, 15) is 4.79 Å². The average molecular weight is 377 g/mol. The molecule has 0 bridgehead atoms. The van der Waals surface area contributed by atoms with E-state index in [1.165, 1.54) is 11.1 Å². The average Bonchev–Trinajstić information content (AvgIpc) is 3.35. The predicted octanol–water partition coefficient (Wildman–Crippen LogP) is 4.00. The molecule has 1 aliphatic rings. The van der Waals surface area contributed by atoms with Crippen molar-refractivity contribution >= 4 is 16.9 Å².